The molecule has 0 aliphatic carbocycles. The van der Waals surface area contributed by atoms with Crippen LogP contribution in [0.2, 0.25) is 0 Å². The van der Waals surface area contributed by atoms with Gasteiger partial charge in [-0.3, -0.25) is 0 Å². The molecule has 0 amide bonds. The third-order valence-electron chi connectivity index (χ3n) is 3.10. The Morgan fingerprint density at radius 2 is 1.90 bits per heavy atom. The summed E-state index contributed by atoms with van der Waals surface area (Å²) in [4.78, 5) is 5.29. The highest BCUT2D eigenvalue weighted by atomic mass is 16.6. The summed E-state index contributed by atoms with van der Waals surface area (Å²) in [7, 11) is 0. The number of hydrogen-bond donors (Lipinski definition) is 0. The van der Waals surface area contributed by atoms with E-state index in [2.05, 4.69) is 37.0 Å². The van der Waals surface area contributed by atoms with E-state index in [-0.39, 0.29) is 0 Å². The molecule has 20 heavy (non-hydrogen) atoms. The minimum Gasteiger partial charge on any atom is -0.390 e. The highest BCUT2D eigenvalue weighted by Gasteiger charge is 1.97. The van der Waals surface area contributed by atoms with E-state index < -0.39 is 0 Å². The van der Waals surface area contributed by atoms with E-state index in [0.29, 0.717) is 6.61 Å². The molecular formula is C18H18NO. The largest absolute Gasteiger partial charge is 0.390 e. The van der Waals surface area contributed by atoms with Gasteiger partial charge in [0.05, 0.1) is 0 Å². The van der Waals surface area contributed by atoms with Gasteiger partial charge in [0.2, 0.25) is 0 Å². The molecule has 2 heteroatoms. The molecule has 0 saturated heterocycles. The Morgan fingerprint density at radius 3 is 2.60 bits per heavy atom. The van der Waals surface area contributed by atoms with E-state index in [9.17, 15) is 0 Å². The Morgan fingerprint density at radius 1 is 1.15 bits per heavy atom. The van der Waals surface area contributed by atoms with Gasteiger partial charge in [-0.1, -0.05) is 73.3 Å². The molecule has 0 unspecified atom stereocenters. The Labute approximate surface area is 120 Å². The summed E-state index contributed by atoms with van der Waals surface area (Å²) in [6.07, 6.45) is 5.73. The molecule has 1 radical (unpaired) electrons. The molecule has 0 saturated carbocycles. The first kappa shape index (κ1) is 14.1. The minimum atomic E-state index is 0.419. The third kappa shape index (κ3) is 3.82. The Balaban J connectivity index is 1.91. The molecule has 101 valence electrons. The average Bonchev–Trinajstić information content (AvgIpc) is 2.52. The van der Waals surface area contributed by atoms with E-state index in [4.69, 9.17) is 4.84 Å². The maximum Gasteiger partial charge on any atom is 0.142 e. The molecule has 0 aromatic heterocycles. The second kappa shape index (κ2) is 7.29. The number of rotatable bonds is 6. The molecule has 0 aliphatic rings. The predicted molar refractivity (Wildman–Crippen MR) is 83.7 cm³/mol. The van der Waals surface area contributed by atoms with Crippen molar-refractivity contribution in [3.8, 4) is 0 Å². The molecule has 0 fully saturated rings. The molecule has 0 atom stereocenters. The maximum atomic E-state index is 5.29. The minimum absolute atomic E-state index is 0.419. The first-order chi connectivity index (χ1) is 9.83. The van der Waals surface area contributed by atoms with Crippen LogP contribution in [0.3, 0.4) is 0 Å². The summed E-state index contributed by atoms with van der Waals surface area (Å²) in [5, 5.41) is 3.88. The van der Waals surface area contributed by atoms with Crippen LogP contribution >= 0.6 is 0 Å². The van der Waals surface area contributed by atoms with Crippen LogP contribution in [0.25, 0.3) is 6.08 Å². The molecule has 2 rings (SSSR count). The van der Waals surface area contributed by atoms with Crippen molar-refractivity contribution < 1.29 is 4.84 Å². The summed E-state index contributed by atoms with van der Waals surface area (Å²) < 4.78 is 0. The summed E-state index contributed by atoms with van der Waals surface area (Å²) in [5.41, 5.74) is 4.35. The standard InChI is InChI=1S/C18H18NO/c1-3-15-9-11-16(12-10-15)13-19-20-14-18-8-6-5-7-17(18)4-2/h4-12H,2-3,14H2,1H3. The van der Waals surface area contributed by atoms with E-state index in [1.165, 1.54) is 5.56 Å². The van der Waals surface area contributed by atoms with Crippen LogP contribution < -0.4 is 0 Å². The van der Waals surface area contributed by atoms with Crippen molar-refractivity contribution in [1.29, 1.82) is 0 Å². The van der Waals surface area contributed by atoms with E-state index in [1.54, 1.807) is 0 Å². The zero-order chi connectivity index (χ0) is 14.2. The van der Waals surface area contributed by atoms with Gasteiger partial charge in [-0.05, 0) is 23.1 Å². The van der Waals surface area contributed by atoms with Gasteiger partial charge >= 0.3 is 0 Å². The lowest BCUT2D eigenvalue weighted by Gasteiger charge is -2.03. The van der Waals surface area contributed by atoms with Crippen molar-refractivity contribution in [2.45, 2.75) is 20.0 Å². The van der Waals surface area contributed by atoms with Crippen LogP contribution in [0.4, 0.5) is 0 Å². The molecule has 2 aromatic rings. The highest BCUT2D eigenvalue weighted by Crippen LogP contribution is 2.11. The summed E-state index contributed by atoms with van der Waals surface area (Å²) in [6, 6.07) is 16.1. The van der Waals surface area contributed by atoms with Crippen LogP contribution in [-0.4, -0.2) is 6.21 Å². The molecule has 0 aliphatic heterocycles. The lowest BCUT2D eigenvalue weighted by molar-refractivity contribution is 0.132. The van der Waals surface area contributed by atoms with Gasteiger partial charge in [-0.15, -0.1) is 0 Å². The molecular weight excluding hydrogens is 246 g/mol. The fourth-order valence-electron chi connectivity index (χ4n) is 1.87. The van der Waals surface area contributed by atoms with E-state index in [0.717, 1.165) is 23.1 Å². The quantitative estimate of drug-likeness (QED) is 0.562. The molecule has 0 bridgehead atoms. The van der Waals surface area contributed by atoms with Gasteiger partial charge in [0.25, 0.3) is 0 Å². The Hall–Kier alpha value is -2.35. The van der Waals surface area contributed by atoms with Gasteiger partial charge in [0.15, 0.2) is 0 Å². The van der Waals surface area contributed by atoms with Crippen LogP contribution in [-0.2, 0) is 17.9 Å². The van der Waals surface area contributed by atoms with Gasteiger partial charge in [0.1, 0.15) is 12.8 Å². The zero-order valence-corrected chi connectivity index (χ0v) is 11.7. The van der Waals surface area contributed by atoms with Crippen LogP contribution in [0.1, 0.15) is 29.2 Å². The Kier molecular flexibility index (Phi) is 5.13. The first-order valence-electron chi connectivity index (χ1n) is 6.70. The maximum absolute atomic E-state index is 5.29. The summed E-state index contributed by atoms with van der Waals surface area (Å²) >= 11 is 0. The molecule has 2 aromatic carbocycles. The van der Waals surface area contributed by atoms with Crippen molar-refractivity contribution in [2.24, 2.45) is 5.16 Å². The predicted octanol–water partition coefficient (Wildman–Crippen LogP) is 4.32. The topological polar surface area (TPSA) is 21.6 Å². The molecule has 0 heterocycles. The number of benzene rings is 2. The smallest absolute Gasteiger partial charge is 0.142 e. The fourth-order valence-corrected chi connectivity index (χ4v) is 1.87. The van der Waals surface area contributed by atoms with Crippen molar-refractivity contribution in [1.82, 2.24) is 0 Å². The van der Waals surface area contributed by atoms with Gasteiger partial charge < -0.3 is 4.84 Å². The van der Waals surface area contributed by atoms with Gasteiger partial charge in [0, 0.05) is 5.56 Å². The van der Waals surface area contributed by atoms with Gasteiger partial charge in [-0.2, -0.15) is 0 Å². The Bertz CT molecular complexity index is 585. The van der Waals surface area contributed by atoms with Crippen molar-refractivity contribution in [3.05, 3.63) is 77.4 Å². The molecule has 0 spiro atoms. The van der Waals surface area contributed by atoms with Gasteiger partial charge in [-0.25, -0.2) is 0 Å². The second-order valence-electron chi connectivity index (χ2n) is 4.43. The van der Waals surface area contributed by atoms with Crippen LogP contribution in [0.5, 0.6) is 0 Å². The fraction of sp³-hybridized carbons (Fsp3) is 0.167. The number of nitrogens with zero attached hydrogens (tertiary/aromatic N) is 1. The SMILES string of the molecule is C=Cc1ccccc1CO/N=[C]\c1ccc(CC)cc1. The molecule has 2 nitrogen and oxygen atoms in total. The first-order valence-corrected chi connectivity index (χ1v) is 6.70. The third-order valence-corrected chi connectivity index (χ3v) is 3.10. The lowest BCUT2D eigenvalue weighted by Crippen LogP contribution is -1.91. The lowest BCUT2D eigenvalue weighted by atomic mass is 10.1. The normalized spacial score (nSPS) is 10.7. The zero-order valence-electron chi connectivity index (χ0n) is 11.7. The summed E-state index contributed by atoms with van der Waals surface area (Å²) in [6.45, 7) is 6.33. The van der Waals surface area contributed by atoms with Crippen molar-refractivity contribution in [2.75, 3.05) is 0 Å². The number of aryl methyl sites for hydroxylation is 1. The van der Waals surface area contributed by atoms with Crippen LogP contribution in [0.15, 0.2) is 60.3 Å². The highest BCUT2D eigenvalue weighted by molar-refractivity contribution is 5.79. The monoisotopic (exact) mass is 264 g/mol. The average molecular weight is 264 g/mol. The van der Waals surface area contributed by atoms with Crippen molar-refractivity contribution >= 4 is 12.3 Å². The summed E-state index contributed by atoms with van der Waals surface area (Å²) in [5.74, 6) is 0. The van der Waals surface area contributed by atoms with Crippen LogP contribution in [0, 0.1) is 0 Å². The van der Waals surface area contributed by atoms with E-state index >= 15 is 0 Å². The number of hydrogen-bond acceptors (Lipinski definition) is 2. The van der Waals surface area contributed by atoms with E-state index in [1.807, 2.05) is 42.5 Å². The van der Waals surface area contributed by atoms with Crippen molar-refractivity contribution in [3.63, 3.8) is 0 Å². The molecule has 0 N–H and O–H groups in total. The second-order valence-corrected chi connectivity index (χ2v) is 4.43.